The zero-order valence-electron chi connectivity index (χ0n) is 8.94. The fourth-order valence-electron chi connectivity index (χ4n) is 1.04. The Morgan fingerprint density at radius 1 is 1.53 bits per heavy atom. The molecule has 90 valence electrons. The average molecular weight is 256 g/mol. The Bertz CT molecular complexity index is 474. The van der Waals surface area contributed by atoms with E-state index in [9.17, 15) is 14.9 Å². The van der Waals surface area contributed by atoms with Crippen LogP contribution in [0.4, 0.5) is 16.2 Å². The molecule has 0 aromatic heterocycles. The van der Waals surface area contributed by atoms with E-state index in [1.165, 1.54) is 24.4 Å². The summed E-state index contributed by atoms with van der Waals surface area (Å²) in [4.78, 5) is 21.3. The fraction of sp³-hybridized carbons (Fsp3) is 0.100. The smallest absolute Gasteiger partial charge is 0.315 e. The lowest BCUT2D eigenvalue weighted by Gasteiger charge is -2.06. The van der Waals surface area contributed by atoms with Crippen molar-refractivity contribution in [3.05, 3.63) is 45.6 Å². The maximum Gasteiger partial charge on any atom is 0.323 e. The summed E-state index contributed by atoms with van der Waals surface area (Å²) in [5.41, 5.74) is 0.0404. The third-order valence-electron chi connectivity index (χ3n) is 1.79. The highest BCUT2D eigenvalue weighted by Crippen LogP contribution is 2.26. The number of carbonyl (C=O) groups is 1. The second-order valence-corrected chi connectivity index (χ2v) is 3.43. The van der Waals surface area contributed by atoms with Crippen LogP contribution in [0.15, 0.2) is 30.5 Å². The molecule has 2 amide bonds. The summed E-state index contributed by atoms with van der Waals surface area (Å²) in [5.74, 6) is 0. The van der Waals surface area contributed by atoms with Gasteiger partial charge in [-0.15, -0.1) is 0 Å². The van der Waals surface area contributed by atoms with Gasteiger partial charge in [-0.2, -0.15) is 0 Å². The monoisotopic (exact) mass is 255 g/mol. The van der Waals surface area contributed by atoms with E-state index < -0.39 is 11.0 Å². The molecule has 7 heteroatoms. The number of nitro groups is 1. The summed E-state index contributed by atoms with van der Waals surface area (Å²) < 4.78 is 0. The third kappa shape index (κ3) is 3.76. The molecule has 6 nitrogen and oxygen atoms in total. The maximum absolute atomic E-state index is 11.3. The number of carbonyl (C=O) groups excluding carboxylic acids is 1. The van der Waals surface area contributed by atoms with Gasteiger partial charge in [0, 0.05) is 18.3 Å². The minimum Gasteiger partial charge on any atom is -0.315 e. The number of hydrogen-bond acceptors (Lipinski definition) is 3. The summed E-state index contributed by atoms with van der Waals surface area (Å²) in [6, 6.07) is 3.28. The zero-order valence-corrected chi connectivity index (χ0v) is 9.69. The molecule has 0 saturated carbocycles. The van der Waals surface area contributed by atoms with Crippen LogP contribution in [0.2, 0.25) is 5.02 Å². The van der Waals surface area contributed by atoms with Gasteiger partial charge in [0.15, 0.2) is 0 Å². The average Bonchev–Trinajstić information content (AvgIpc) is 2.29. The predicted octanol–water partition coefficient (Wildman–Crippen LogP) is 2.90. The molecule has 0 aliphatic heterocycles. The first-order valence-electron chi connectivity index (χ1n) is 4.67. The molecule has 0 saturated heterocycles. The van der Waals surface area contributed by atoms with Crippen LogP contribution in [0.1, 0.15) is 6.92 Å². The molecule has 0 fully saturated rings. The number of rotatable bonds is 3. The molecule has 0 radical (unpaired) electrons. The van der Waals surface area contributed by atoms with Crippen LogP contribution < -0.4 is 10.6 Å². The van der Waals surface area contributed by atoms with Crippen LogP contribution >= 0.6 is 11.6 Å². The molecule has 1 rings (SSSR count). The number of halogens is 1. The summed E-state index contributed by atoms with van der Waals surface area (Å²) >= 11 is 5.80. The van der Waals surface area contributed by atoms with E-state index >= 15 is 0 Å². The van der Waals surface area contributed by atoms with Crippen molar-refractivity contribution in [3.63, 3.8) is 0 Å². The van der Waals surface area contributed by atoms with Gasteiger partial charge in [0.05, 0.1) is 15.6 Å². The number of urea groups is 1. The van der Waals surface area contributed by atoms with Gasteiger partial charge < -0.3 is 10.6 Å². The quantitative estimate of drug-likeness (QED) is 0.643. The van der Waals surface area contributed by atoms with Crippen LogP contribution in [-0.4, -0.2) is 11.0 Å². The molecule has 0 aliphatic rings. The minimum absolute atomic E-state index is 0.143. The molecule has 1 aromatic rings. The van der Waals surface area contributed by atoms with Gasteiger partial charge in [-0.05, 0) is 13.0 Å². The van der Waals surface area contributed by atoms with Gasteiger partial charge in [-0.1, -0.05) is 17.7 Å². The normalized spacial score (nSPS) is 10.2. The van der Waals surface area contributed by atoms with Crippen LogP contribution in [0, 0.1) is 10.1 Å². The second kappa shape index (κ2) is 5.86. The molecule has 0 spiro atoms. The Balaban J connectivity index is 2.86. The van der Waals surface area contributed by atoms with E-state index in [2.05, 4.69) is 10.6 Å². The van der Waals surface area contributed by atoms with Crippen LogP contribution in [-0.2, 0) is 0 Å². The van der Waals surface area contributed by atoms with E-state index in [0.717, 1.165) is 0 Å². The van der Waals surface area contributed by atoms with Crippen molar-refractivity contribution >= 4 is 29.0 Å². The topological polar surface area (TPSA) is 84.3 Å². The van der Waals surface area contributed by atoms with Gasteiger partial charge >= 0.3 is 6.03 Å². The fourth-order valence-corrected chi connectivity index (χ4v) is 1.20. The summed E-state index contributed by atoms with van der Waals surface area (Å²) in [6.45, 7) is 1.74. The van der Waals surface area contributed by atoms with Gasteiger partial charge in [0.25, 0.3) is 5.69 Å². The van der Waals surface area contributed by atoms with Crippen molar-refractivity contribution in [3.8, 4) is 0 Å². The first-order valence-corrected chi connectivity index (χ1v) is 5.05. The molecule has 0 unspecified atom stereocenters. The first-order chi connectivity index (χ1) is 8.04. The van der Waals surface area contributed by atoms with Crippen LogP contribution in [0.25, 0.3) is 0 Å². The highest BCUT2D eigenvalue weighted by atomic mass is 35.5. The van der Waals surface area contributed by atoms with E-state index in [0.29, 0.717) is 0 Å². The highest BCUT2D eigenvalue weighted by molar-refractivity contribution is 6.33. The molecular weight excluding hydrogens is 246 g/mol. The molecule has 1 aromatic carbocycles. The molecule has 0 heterocycles. The van der Waals surface area contributed by atoms with E-state index in [1.54, 1.807) is 13.0 Å². The number of nitrogens with zero attached hydrogens (tertiary/aromatic N) is 1. The van der Waals surface area contributed by atoms with E-state index in [1.807, 2.05) is 0 Å². The molecule has 0 aliphatic carbocycles. The van der Waals surface area contributed by atoms with Crippen molar-refractivity contribution in [2.75, 3.05) is 5.32 Å². The Hall–Kier alpha value is -2.08. The number of hydrogen-bond donors (Lipinski definition) is 2. The molecule has 17 heavy (non-hydrogen) atoms. The van der Waals surface area contributed by atoms with Crippen molar-refractivity contribution < 1.29 is 9.72 Å². The minimum atomic E-state index is -0.564. The lowest BCUT2D eigenvalue weighted by atomic mass is 10.3. The number of nitro benzene ring substituents is 1. The second-order valence-electron chi connectivity index (χ2n) is 3.02. The van der Waals surface area contributed by atoms with E-state index in [-0.39, 0.29) is 16.4 Å². The van der Waals surface area contributed by atoms with Crippen molar-refractivity contribution in [1.29, 1.82) is 0 Å². The SMILES string of the molecule is C/C=C/NC(=O)Nc1cc([N+](=O)[O-])ccc1Cl. The van der Waals surface area contributed by atoms with Gasteiger partial charge in [0.2, 0.25) is 0 Å². The number of allylic oxidation sites excluding steroid dienone is 1. The van der Waals surface area contributed by atoms with Crippen molar-refractivity contribution in [1.82, 2.24) is 5.32 Å². The molecule has 2 N–H and O–H groups in total. The number of non-ortho nitro benzene ring substituents is 1. The lowest BCUT2D eigenvalue weighted by molar-refractivity contribution is -0.384. The summed E-state index contributed by atoms with van der Waals surface area (Å²) in [5, 5.41) is 15.6. The van der Waals surface area contributed by atoms with Gasteiger partial charge in [-0.25, -0.2) is 4.79 Å². The van der Waals surface area contributed by atoms with Crippen LogP contribution in [0.3, 0.4) is 0 Å². The van der Waals surface area contributed by atoms with E-state index in [4.69, 9.17) is 11.6 Å². The van der Waals surface area contributed by atoms with Gasteiger partial charge in [-0.3, -0.25) is 10.1 Å². The van der Waals surface area contributed by atoms with Gasteiger partial charge in [0.1, 0.15) is 0 Å². The number of nitrogens with one attached hydrogen (secondary N) is 2. The van der Waals surface area contributed by atoms with Crippen LogP contribution in [0.5, 0.6) is 0 Å². The summed E-state index contributed by atoms with van der Waals surface area (Å²) in [6.07, 6.45) is 3.06. The lowest BCUT2D eigenvalue weighted by Crippen LogP contribution is -2.23. The largest absolute Gasteiger partial charge is 0.323 e. The number of amides is 2. The zero-order chi connectivity index (χ0) is 12.8. The predicted molar refractivity (Wildman–Crippen MR) is 65.1 cm³/mol. The first kappa shape index (κ1) is 13.0. The molecular formula is C10H10ClN3O3. The Kier molecular flexibility index (Phi) is 4.47. The number of benzene rings is 1. The summed E-state index contributed by atoms with van der Waals surface area (Å²) in [7, 11) is 0. The Labute approximate surface area is 102 Å². The highest BCUT2D eigenvalue weighted by Gasteiger charge is 2.11. The Morgan fingerprint density at radius 3 is 2.82 bits per heavy atom. The molecule has 0 bridgehead atoms. The Morgan fingerprint density at radius 2 is 2.24 bits per heavy atom. The number of anilines is 1. The van der Waals surface area contributed by atoms with Crippen molar-refractivity contribution in [2.45, 2.75) is 6.92 Å². The molecule has 0 atom stereocenters. The van der Waals surface area contributed by atoms with Crippen molar-refractivity contribution in [2.24, 2.45) is 0 Å². The third-order valence-corrected chi connectivity index (χ3v) is 2.12. The maximum atomic E-state index is 11.3. The standard InChI is InChI=1S/C10H10ClN3O3/c1-2-5-12-10(15)13-9-6-7(14(16)17)3-4-8(9)11/h2-6H,1H3,(H2,12,13,15)/b5-2+.